The van der Waals surface area contributed by atoms with Crippen LogP contribution in [0.25, 0.3) is 0 Å². The topological polar surface area (TPSA) is 41.6 Å². The maximum atomic E-state index is 11.5. The molecule has 0 radical (unpaired) electrons. The first-order chi connectivity index (χ1) is 10.9. The summed E-state index contributed by atoms with van der Waals surface area (Å²) in [6.07, 6.45) is 4.20. The van der Waals surface area contributed by atoms with E-state index >= 15 is 0 Å². The maximum Gasteiger partial charge on any atom is 0.407 e. The Morgan fingerprint density at radius 1 is 1.09 bits per heavy atom. The second-order valence-electron chi connectivity index (χ2n) is 7.07. The van der Waals surface area contributed by atoms with E-state index in [0.717, 1.165) is 25.9 Å². The van der Waals surface area contributed by atoms with Gasteiger partial charge in [0.05, 0.1) is 0 Å². The number of unbranched alkanes of at least 4 members (excludes halogenated alkanes) is 3. The summed E-state index contributed by atoms with van der Waals surface area (Å²) in [4.78, 5) is 13.8. The third-order valence-electron chi connectivity index (χ3n) is 3.43. The number of carbonyl (C=O) groups is 1. The normalized spacial score (nSPS) is 11.5. The second kappa shape index (κ2) is 10.3. The SMILES string of the molecule is CN(CCCCCCNC(=O)OC(C)(C)C)Cc1ccccc1. The lowest BCUT2D eigenvalue weighted by molar-refractivity contribution is 0.0527. The van der Waals surface area contributed by atoms with Crippen LogP contribution in [0.4, 0.5) is 4.79 Å². The van der Waals surface area contributed by atoms with Gasteiger partial charge in [0, 0.05) is 13.1 Å². The van der Waals surface area contributed by atoms with Crippen LogP contribution in [0, 0.1) is 0 Å². The van der Waals surface area contributed by atoms with Gasteiger partial charge in [-0.15, -0.1) is 0 Å². The summed E-state index contributed by atoms with van der Waals surface area (Å²) in [5.74, 6) is 0. The minimum absolute atomic E-state index is 0.319. The Labute approximate surface area is 141 Å². The molecule has 0 aliphatic carbocycles. The molecule has 0 saturated heterocycles. The van der Waals surface area contributed by atoms with Gasteiger partial charge in [-0.2, -0.15) is 0 Å². The number of nitrogens with zero attached hydrogens (tertiary/aromatic N) is 1. The van der Waals surface area contributed by atoms with Gasteiger partial charge in [0.1, 0.15) is 5.60 Å². The first-order valence-electron chi connectivity index (χ1n) is 8.56. The summed E-state index contributed by atoms with van der Waals surface area (Å²) in [5, 5.41) is 2.80. The minimum Gasteiger partial charge on any atom is -0.444 e. The lowest BCUT2D eigenvalue weighted by Gasteiger charge is -2.19. The summed E-state index contributed by atoms with van der Waals surface area (Å²) in [5.41, 5.74) is 0.935. The third-order valence-corrected chi connectivity index (χ3v) is 3.43. The van der Waals surface area contributed by atoms with Crippen LogP contribution in [0.1, 0.15) is 52.0 Å². The average Bonchev–Trinajstić information content (AvgIpc) is 2.45. The fourth-order valence-corrected chi connectivity index (χ4v) is 2.34. The summed E-state index contributed by atoms with van der Waals surface area (Å²) in [6.45, 7) is 8.42. The van der Waals surface area contributed by atoms with Gasteiger partial charge >= 0.3 is 6.09 Å². The van der Waals surface area contributed by atoms with Crippen molar-refractivity contribution in [1.29, 1.82) is 0 Å². The van der Waals surface area contributed by atoms with Crippen molar-refractivity contribution in [2.24, 2.45) is 0 Å². The number of ether oxygens (including phenoxy) is 1. The number of amides is 1. The van der Waals surface area contributed by atoms with Crippen molar-refractivity contribution in [2.75, 3.05) is 20.1 Å². The van der Waals surface area contributed by atoms with Crippen molar-refractivity contribution in [3.8, 4) is 0 Å². The molecule has 0 aromatic heterocycles. The predicted octanol–water partition coefficient (Wildman–Crippen LogP) is 4.20. The van der Waals surface area contributed by atoms with Crippen molar-refractivity contribution < 1.29 is 9.53 Å². The van der Waals surface area contributed by atoms with Gasteiger partial charge in [0.25, 0.3) is 0 Å². The van der Waals surface area contributed by atoms with Gasteiger partial charge in [-0.1, -0.05) is 43.2 Å². The molecule has 0 bridgehead atoms. The summed E-state index contributed by atoms with van der Waals surface area (Å²) >= 11 is 0. The van der Waals surface area contributed by atoms with E-state index in [-0.39, 0.29) is 6.09 Å². The summed E-state index contributed by atoms with van der Waals surface area (Å²) in [6, 6.07) is 10.5. The Morgan fingerprint density at radius 3 is 2.39 bits per heavy atom. The van der Waals surface area contributed by atoms with Gasteiger partial charge in [0.15, 0.2) is 0 Å². The smallest absolute Gasteiger partial charge is 0.407 e. The monoisotopic (exact) mass is 320 g/mol. The Hall–Kier alpha value is -1.55. The number of alkyl carbamates (subject to hydrolysis) is 1. The zero-order valence-electron chi connectivity index (χ0n) is 15.1. The fourth-order valence-electron chi connectivity index (χ4n) is 2.34. The highest BCUT2D eigenvalue weighted by molar-refractivity contribution is 5.67. The van der Waals surface area contributed by atoms with E-state index in [9.17, 15) is 4.79 Å². The Kier molecular flexibility index (Phi) is 8.70. The average molecular weight is 320 g/mol. The van der Waals surface area contributed by atoms with Crippen LogP contribution < -0.4 is 5.32 Å². The Bertz CT molecular complexity index is 440. The molecule has 0 saturated carbocycles. The molecule has 1 amide bonds. The largest absolute Gasteiger partial charge is 0.444 e. The molecule has 1 aromatic carbocycles. The van der Waals surface area contributed by atoms with E-state index in [1.165, 1.54) is 18.4 Å². The number of hydrogen-bond donors (Lipinski definition) is 1. The molecule has 1 rings (SSSR count). The van der Waals surface area contributed by atoms with E-state index in [1.54, 1.807) is 0 Å². The molecular formula is C19H32N2O2. The minimum atomic E-state index is -0.423. The van der Waals surface area contributed by atoms with Crippen LogP contribution in [-0.4, -0.2) is 36.7 Å². The molecular weight excluding hydrogens is 288 g/mol. The van der Waals surface area contributed by atoms with Crippen molar-refractivity contribution in [3.05, 3.63) is 35.9 Å². The number of hydrogen-bond acceptors (Lipinski definition) is 3. The number of carbonyl (C=O) groups excluding carboxylic acids is 1. The van der Waals surface area contributed by atoms with Gasteiger partial charge in [-0.25, -0.2) is 4.79 Å². The van der Waals surface area contributed by atoms with E-state index < -0.39 is 5.60 Å². The fraction of sp³-hybridized carbons (Fsp3) is 0.632. The van der Waals surface area contributed by atoms with Gasteiger partial charge in [-0.05, 0) is 52.8 Å². The second-order valence-corrected chi connectivity index (χ2v) is 7.07. The van der Waals surface area contributed by atoms with E-state index in [1.807, 2.05) is 20.8 Å². The standard InChI is InChI=1S/C19H32N2O2/c1-19(2,3)23-18(22)20-14-10-5-6-11-15-21(4)16-17-12-8-7-9-13-17/h7-9,12-13H,5-6,10-11,14-16H2,1-4H3,(H,20,22). The molecule has 0 atom stereocenters. The lowest BCUT2D eigenvalue weighted by Crippen LogP contribution is -2.33. The van der Waals surface area contributed by atoms with E-state index in [0.29, 0.717) is 6.54 Å². The van der Waals surface area contributed by atoms with Crippen molar-refractivity contribution >= 4 is 6.09 Å². The van der Waals surface area contributed by atoms with Crippen LogP contribution in [0.5, 0.6) is 0 Å². The zero-order chi connectivity index (χ0) is 17.1. The molecule has 0 aliphatic heterocycles. The molecule has 1 aromatic rings. The first-order valence-corrected chi connectivity index (χ1v) is 8.56. The quantitative estimate of drug-likeness (QED) is 0.693. The van der Waals surface area contributed by atoms with Crippen molar-refractivity contribution in [1.82, 2.24) is 10.2 Å². The van der Waals surface area contributed by atoms with Crippen LogP contribution in [0.15, 0.2) is 30.3 Å². The molecule has 4 nitrogen and oxygen atoms in total. The zero-order valence-corrected chi connectivity index (χ0v) is 15.1. The predicted molar refractivity (Wildman–Crippen MR) is 95.5 cm³/mol. The summed E-state index contributed by atoms with van der Waals surface area (Å²) in [7, 11) is 2.16. The first kappa shape index (κ1) is 19.5. The Morgan fingerprint density at radius 2 is 1.74 bits per heavy atom. The highest BCUT2D eigenvalue weighted by Crippen LogP contribution is 2.07. The van der Waals surface area contributed by atoms with Crippen LogP contribution in [0.2, 0.25) is 0 Å². The van der Waals surface area contributed by atoms with Crippen molar-refractivity contribution in [3.63, 3.8) is 0 Å². The highest BCUT2D eigenvalue weighted by atomic mass is 16.6. The molecule has 130 valence electrons. The summed E-state index contributed by atoms with van der Waals surface area (Å²) < 4.78 is 5.20. The van der Waals surface area contributed by atoms with Crippen LogP contribution >= 0.6 is 0 Å². The lowest BCUT2D eigenvalue weighted by atomic mass is 10.1. The van der Waals surface area contributed by atoms with E-state index in [4.69, 9.17) is 4.74 Å². The maximum absolute atomic E-state index is 11.5. The van der Waals surface area contributed by atoms with Gasteiger partial charge in [-0.3, -0.25) is 0 Å². The Balaban J connectivity index is 1.98. The molecule has 0 aliphatic rings. The number of nitrogens with one attached hydrogen (secondary N) is 1. The van der Waals surface area contributed by atoms with Gasteiger partial charge in [0.2, 0.25) is 0 Å². The third kappa shape index (κ3) is 10.7. The molecule has 0 heterocycles. The molecule has 4 heteroatoms. The number of benzene rings is 1. The van der Waals surface area contributed by atoms with Crippen LogP contribution in [-0.2, 0) is 11.3 Å². The molecule has 1 N–H and O–H groups in total. The van der Waals surface area contributed by atoms with Crippen molar-refractivity contribution in [2.45, 2.75) is 58.6 Å². The molecule has 0 fully saturated rings. The van der Waals surface area contributed by atoms with Crippen LogP contribution in [0.3, 0.4) is 0 Å². The van der Waals surface area contributed by atoms with E-state index in [2.05, 4.69) is 47.6 Å². The van der Waals surface area contributed by atoms with Gasteiger partial charge < -0.3 is 15.0 Å². The number of rotatable bonds is 9. The molecule has 0 unspecified atom stereocenters. The molecule has 0 spiro atoms. The highest BCUT2D eigenvalue weighted by Gasteiger charge is 2.15. The molecule has 23 heavy (non-hydrogen) atoms.